The lowest BCUT2D eigenvalue weighted by Crippen LogP contribution is -2.36. The second kappa shape index (κ2) is 7.45. The monoisotopic (exact) mass is 378 g/mol. The minimum absolute atomic E-state index is 0.0184. The third kappa shape index (κ3) is 4.43. The average molecular weight is 379 g/mol. The summed E-state index contributed by atoms with van der Waals surface area (Å²) in [6.07, 6.45) is 0.324. The summed E-state index contributed by atoms with van der Waals surface area (Å²) in [5, 5.41) is 11.3. The molecular weight excluding hydrogens is 363 g/mol. The first-order chi connectivity index (χ1) is 11.2. The van der Waals surface area contributed by atoms with E-state index in [0.717, 1.165) is 6.07 Å². The molecule has 1 unspecified atom stereocenters. The van der Waals surface area contributed by atoms with Crippen LogP contribution in [0.15, 0.2) is 18.2 Å². The Morgan fingerprint density at radius 2 is 2.12 bits per heavy atom. The van der Waals surface area contributed by atoms with Crippen LogP contribution in [0.2, 0.25) is 5.02 Å². The highest BCUT2D eigenvalue weighted by molar-refractivity contribution is 7.89. The standard InChI is InChI=1S/C14H16ClFN2O5S/c15-10-3-2-9(8-11(10)16)13(14(20)21)17-12(19)4-6-18-5-1-7-24(18,22)23/h2-3,8,13H,1,4-7H2,(H,17,19)(H,20,21). The highest BCUT2D eigenvalue weighted by atomic mass is 35.5. The SMILES string of the molecule is O=C(CCN1CCCS1(=O)=O)NC(C(=O)O)c1ccc(Cl)c(F)c1. The molecule has 1 heterocycles. The fourth-order valence-corrected chi connectivity index (χ4v) is 4.03. The largest absolute Gasteiger partial charge is 0.479 e. The quantitative estimate of drug-likeness (QED) is 0.772. The number of rotatable bonds is 6. The molecule has 1 aromatic carbocycles. The lowest BCUT2D eigenvalue weighted by Gasteiger charge is -2.17. The molecule has 132 valence electrons. The molecule has 0 saturated carbocycles. The molecule has 1 amide bonds. The third-order valence-electron chi connectivity index (χ3n) is 3.62. The van der Waals surface area contributed by atoms with Crippen molar-refractivity contribution in [1.29, 1.82) is 0 Å². The summed E-state index contributed by atoms with van der Waals surface area (Å²) in [6.45, 7) is 0.329. The number of nitrogens with one attached hydrogen (secondary N) is 1. The van der Waals surface area contributed by atoms with E-state index in [0.29, 0.717) is 13.0 Å². The van der Waals surface area contributed by atoms with E-state index in [9.17, 15) is 27.5 Å². The molecule has 7 nitrogen and oxygen atoms in total. The summed E-state index contributed by atoms with van der Waals surface area (Å²) in [5.41, 5.74) is 0.0338. The maximum atomic E-state index is 13.5. The summed E-state index contributed by atoms with van der Waals surface area (Å²) in [4.78, 5) is 23.3. The molecule has 1 aliphatic rings. The molecule has 1 aromatic rings. The number of carbonyl (C=O) groups excluding carboxylic acids is 1. The van der Waals surface area contributed by atoms with E-state index in [1.807, 2.05) is 0 Å². The number of carboxylic acid groups (broad SMARTS) is 1. The van der Waals surface area contributed by atoms with Crippen LogP contribution in [0, 0.1) is 5.82 Å². The Hall–Kier alpha value is -1.71. The minimum atomic E-state index is -3.32. The van der Waals surface area contributed by atoms with Crippen molar-refractivity contribution in [3.8, 4) is 0 Å². The van der Waals surface area contributed by atoms with Crippen LogP contribution >= 0.6 is 11.6 Å². The number of benzene rings is 1. The number of amides is 1. The van der Waals surface area contributed by atoms with Crippen molar-refractivity contribution in [3.05, 3.63) is 34.6 Å². The van der Waals surface area contributed by atoms with Gasteiger partial charge in [0, 0.05) is 19.5 Å². The first kappa shape index (κ1) is 18.6. The Kier molecular flexibility index (Phi) is 5.79. The van der Waals surface area contributed by atoms with Crippen LogP contribution in [-0.2, 0) is 19.6 Å². The molecule has 1 aliphatic heterocycles. The number of sulfonamides is 1. The number of aliphatic carboxylic acids is 1. The lowest BCUT2D eigenvalue weighted by atomic mass is 10.1. The zero-order chi connectivity index (χ0) is 17.9. The van der Waals surface area contributed by atoms with Gasteiger partial charge in [-0.15, -0.1) is 0 Å². The van der Waals surface area contributed by atoms with E-state index in [4.69, 9.17) is 11.6 Å². The van der Waals surface area contributed by atoms with Gasteiger partial charge >= 0.3 is 5.97 Å². The van der Waals surface area contributed by atoms with E-state index in [-0.39, 0.29) is 29.3 Å². The Bertz CT molecular complexity index is 756. The van der Waals surface area contributed by atoms with Crippen LogP contribution in [0.3, 0.4) is 0 Å². The molecule has 1 atom stereocenters. The van der Waals surface area contributed by atoms with Crippen molar-refractivity contribution in [2.75, 3.05) is 18.8 Å². The van der Waals surface area contributed by atoms with Gasteiger partial charge in [-0.1, -0.05) is 17.7 Å². The molecule has 1 saturated heterocycles. The topological polar surface area (TPSA) is 104 Å². The fourth-order valence-electron chi connectivity index (χ4n) is 2.38. The highest BCUT2D eigenvalue weighted by Crippen LogP contribution is 2.21. The van der Waals surface area contributed by atoms with E-state index in [1.54, 1.807) is 0 Å². The van der Waals surface area contributed by atoms with Gasteiger partial charge in [-0.05, 0) is 24.1 Å². The van der Waals surface area contributed by atoms with Gasteiger partial charge in [0.15, 0.2) is 6.04 Å². The summed E-state index contributed by atoms with van der Waals surface area (Å²) in [6, 6.07) is 1.99. The minimum Gasteiger partial charge on any atom is -0.479 e. The second-order valence-corrected chi connectivity index (χ2v) is 7.83. The van der Waals surface area contributed by atoms with Crippen LogP contribution < -0.4 is 5.32 Å². The third-order valence-corrected chi connectivity index (χ3v) is 5.88. The molecule has 1 fully saturated rings. The van der Waals surface area contributed by atoms with Crippen molar-refractivity contribution in [1.82, 2.24) is 9.62 Å². The van der Waals surface area contributed by atoms with E-state index < -0.39 is 33.8 Å². The Morgan fingerprint density at radius 1 is 1.42 bits per heavy atom. The van der Waals surface area contributed by atoms with Crippen LogP contribution in [0.4, 0.5) is 4.39 Å². The van der Waals surface area contributed by atoms with E-state index in [1.165, 1.54) is 16.4 Å². The lowest BCUT2D eigenvalue weighted by molar-refractivity contribution is -0.142. The molecule has 0 radical (unpaired) electrons. The number of carboxylic acids is 1. The molecule has 0 bridgehead atoms. The summed E-state index contributed by atoms with van der Waals surface area (Å²) in [5.74, 6) is -2.74. The van der Waals surface area contributed by atoms with Gasteiger partial charge in [0.2, 0.25) is 15.9 Å². The molecule has 0 aliphatic carbocycles. The molecule has 10 heteroatoms. The van der Waals surface area contributed by atoms with Gasteiger partial charge in [0.25, 0.3) is 0 Å². The van der Waals surface area contributed by atoms with Crippen LogP contribution in [-0.4, -0.2) is 48.5 Å². The number of carbonyl (C=O) groups is 2. The normalized spacial score (nSPS) is 18.2. The van der Waals surface area contributed by atoms with Gasteiger partial charge in [-0.3, -0.25) is 4.79 Å². The van der Waals surface area contributed by atoms with Crippen molar-refractivity contribution < 1.29 is 27.5 Å². The van der Waals surface area contributed by atoms with Gasteiger partial charge < -0.3 is 10.4 Å². The van der Waals surface area contributed by atoms with Crippen molar-refractivity contribution >= 4 is 33.5 Å². The fraction of sp³-hybridized carbons (Fsp3) is 0.429. The Morgan fingerprint density at radius 3 is 2.67 bits per heavy atom. The number of hydrogen-bond acceptors (Lipinski definition) is 4. The Labute approximate surface area is 143 Å². The maximum absolute atomic E-state index is 13.5. The molecule has 2 N–H and O–H groups in total. The van der Waals surface area contributed by atoms with Gasteiger partial charge in [-0.25, -0.2) is 21.9 Å². The van der Waals surface area contributed by atoms with E-state index >= 15 is 0 Å². The first-order valence-corrected chi connectivity index (χ1v) is 9.14. The summed E-state index contributed by atoms with van der Waals surface area (Å²) < 4.78 is 37.9. The van der Waals surface area contributed by atoms with Gasteiger partial charge in [-0.2, -0.15) is 0 Å². The number of halogens is 2. The summed E-state index contributed by atoms with van der Waals surface area (Å²) >= 11 is 5.55. The molecule has 0 aromatic heterocycles. The van der Waals surface area contributed by atoms with Gasteiger partial charge in [0.1, 0.15) is 5.82 Å². The molecular formula is C14H16ClFN2O5S. The van der Waals surface area contributed by atoms with E-state index in [2.05, 4.69) is 5.32 Å². The van der Waals surface area contributed by atoms with Crippen molar-refractivity contribution in [2.45, 2.75) is 18.9 Å². The van der Waals surface area contributed by atoms with Gasteiger partial charge in [0.05, 0.1) is 10.8 Å². The van der Waals surface area contributed by atoms with Crippen LogP contribution in [0.25, 0.3) is 0 Å². The molecule has 2 rings (SSSR count). The average Bonchev–Trinajstić information content (AvgIpc) is 2.84. The number of hydrogen-bond donors (Lipinski definition) is 2. The summed E-state index contributed by atoms with van der Waals surface area (Å²) in [7, 11) is -3.32. The predicted octanol–water partition coefficient (Wildman–Crippen LogP) is 1.15. The first-order valence-electron chi connectivity index (χ1n) is 7.15. The van der Waals surface area contributed by atoms with Crippen molar-refractivity contribution in [3.63, 3.8) is 0 Å². The zero-order valence-corrected chi connectivity index (χ0v) is 14.1. The Balaban J connectivity index is 2.01. The highest BCUT2D eigenvalue weighted by Gasteiger charge is 2.29. The van der Waals surface area contributed by atoms with Crippen LogP contribution in [0.5, 0.6) is 0 Å². The second-order valence-electron chi connectivity index (χ2n) is 5.33. The zero-order valence-electron chi connectivity index (χ0n) is 12.5. The number of nitrogens with zero attached hydrogens (tertiary/aromatic N) is 1. The van der Waals surface area contributed by atoms with Crippen molar-refractivity contribution in [2.24, 2.45) is 0 Å². The van der Waals surface area contributed by atoms with Crippen LogP contribution in [0.1, 0.15) is 24.4 Å². The smallest absolute Gasteiger partial charge is 0.330 e. The maximum Gasteiger partial charge on any atom is 0.330 e. The molecule has 0 spiro atoms. The molecule has 24 heavy (non-hydrogen) atoms. The predicted molar refractivity (Wildman–Crippen MR) is 84.5 cm³/mol.